The molecule has 29 heavy (non-hydrogen) atoms. The zero-order valence-electron chi connectivity index (χ0n) is 16.0. The van der Waals surface area contributed by atoms with E-state index in [4.69, 9.17) is 4.74 Å². The van der Waals surface area contributed by atoms with Gasteiger partial charge in [0.25, 0.3) is 5.91 Å². The van der Waals surface area contributed by atoms with Crippen LogP contribution in [0.5, 0.6) is 5.88 Å². The van der Waals surface area contributed by atoms with Crippen LogP contribution in [0.3, 0.4) is 0 Å². The number of ether oxygens (including phenoxy) is 1. The van der Waals surface area contributed by atoms with Crippen LogP contribution in [-0.4, -0.2) is 17.5 Å². The van der Waals surface area contributed by atoms with Gasteiger partial charge < -0.3 is 10.1 Å². The van der Waals surface area contributed by atoms with E-state index in [0.717, 1.165) is 47.2 Å². The summed E-state index contributed by atoms with van der Waals surface area (Å²) in [5, 5.41) is 12.5. The molecule has 1 aliphatic rings. The number of hydrogen-bond donors (Lipinski definition) is 1. The van der Waals surface area contributed by atoms with E-state index in [2.05, 4.69) is 16.4 Å². The lowest BCUT2D eigenvalue weighted by atomic mass is 9.99. The van der Waals surface area contributed by atoms with Gasteiger partial charge >= 0.3 is 0 Å². The second-order valence-electron chi connectivity index (χ2n) is 6.98. The summed E-state index contributed by atoms with van der Waals surface area (Å²) in [7, 11) is 0. The third-order valence-corrected chi connectivity index (χ3v) is 5.06. The number of amides is 1. The molecule has 144 valence electrons. The predicted molar refractivity (Wildman–Crippen MR) is 110 cm³/mol. The number of fused-ring (bicyclic) bond motifs is 1. The van der Waals surface area contributed by atoms with E-state index in [0.29, 0.717) is 12.1 Å². The molecule has 5 nitrogen and oxygen atoms in total. The molecular weight excluding hydrogens is 362 g/mol. The Kier molecular flexibility index (Phi) is 5.53. The summed E-state index contributed by atoms with van der Waals surface area (Å²) in [5.41, 5.74) is 5.42. The van der Waals surface area contributed by atoms with Crippen LogP contribution < -0.4 is 10.1 Å². The van der Waals surface area contributed by atoms with Crippen molar-refractivity contribution in [2.75, 3.05) is 6.61 Å². The van der Waals surface area contributed by atoms with E-state index in [-0.39, 0.29) is 18.4 Å². The maximum Gasteiger partial charge on any atom is 0.258 e. The molecule has 3 aromatic rings. The molecule has 0 saturated heterocycles. The van der Waals surface area contributed by atoms with Gasteiger partial charge in [-0.25, -0.2) is 4.98 Å². The van der Waals surface area contributed by atoms with E-state index >= 15 is 0 Å². The number of nitrogens with zero attached hydrogens (tertiary/aromatic N) is 2. The first-order valence-corrected chi connectivity index (χ1v) is 9.71. The Morgan fingerprint density at radius 1 is 1.03 bits per heavy atom. The number of nitriles is 1. The van der Waals surface area contributed by atoms with Crippen molar-refractivity contribution in [2.45, 2.75) is 25.8 Å². The highest BCUT2D eigenvalue weighted by Gasteiger charge is 2.25. The second kappa shape index (κ2) is 8.57. The van der Waals surface area contributed by atoms with Gasteiger partial charge in [-0.05, 0) is 36.0 Å². The van der Waals surface area contributed by atoms with Crippen LogP contribution >= 0.6 is 0 Å². The molecule has 5 heteroatoms. The number of hydrogen-bond acceptors (Lipinski definition) is 4. The van der Waals surface area contributed by atoms with E-state index in [9.17, 15) is 10.1 Å². The molecule has 0 radical (unpaired) electrons. The lowest BCUT2D eigenvalue weighted by Crippen LogP contribution is -2.28. The minimum absolute atomic E-state index is 0.179. The zero-order chi connectivity index (χ0) is 20.1. The standard InChI is InChI=1S/C24H21N3O2/c25-14-21-19-12-7-13-20(19)23(18-10-5-2-6-11-18)27-24(21)29-16-22(28)26-15-17-8-3-1-4-9-17/h1-6,8-11H,7,12-13,15-16H2,(H,26,28). The summed E-state index contributed by atoms with van der Waals surface area (Å²) in [4.78, 5) is 16.9. The van der Waals surface area contributed by atoms with Crippen molar-refractivity contribution in [1.82, 2.24) is 10.3 Å². The van der Waals surface area contributed by atoms with Gasteiger partial charge in [0.2, 0.25) is 5.88 Å². The predicted octanol–water partition coefficient (Wildman–Crippen LogP) is 3.80. The molecule has 1 heterocycles. The van der Waals surface area contributed by atoms with Gasteiger partial charge in [0.1, 0.15) is 11.6 Å². The van der Waals surface area contributed by atoms with Crippen LogP contribution in [-0.2, 0) is 24.2 Å². The minimum atomic E-state index is -0.249. The van der Waals surface area contributed by atoms with Crippen LogP contribution in [0.2, 0.25) is 0 Å². The molecule has 2 aromatic carbocycles. The fraction of sp³-hybridized carbons (Fsp3) is 0.208. The largest absolute Gasteiger partial charge is 0.467 e. The highest BCUT2D eigenvalue weighted by atomic mass is 16.5. The van der Waals surface area contributed by atoms with Gasteiger partial charge in [-0.2, -0.15) is 5.26 Å². The molecule has 0 aliphatic heterocycles. The van der Waals surface area contributed by atoms with E-state index < -0.39 is 0 Å². The number of benzene rings is 2. The number of carbonyl (C=O) groups excluding carboxylic acids is 1. The lowest BCUT2D eigenvalue weighted by molar-refractivity contribution is -0.123. The number of aromatic nitrogens is 1. The van der Waals surface area contributed by atoms with Gasteiger partial charge in [0.15, 0.2) is 6.61 Å². The van der Waals surface area contributed by atoms with Gasteiger partial charge in [-0.1, -0.05) is 60.7 Å². The van der Waals surface area contributed by atoms with Crippen molar-refractivity contribution < 1.29 is 9.53 Å². The Hall–Kier alpha value is -3.65. The third-order valence-electron chi connectivity index (χ3n) is 5.06. The molecule has 0 saturated carbocycles. The van der Waals surface area contributed by atoms with E-state index in [1.807, 2.05) is 60.7 Å². The number of rotatable bonds is 6. The molecule has 0 atom stereocenters. The number of carbonyl (C=O) groups is 1. The van der Waals surface area contributed by atoms with Crippen LogP contribution in [0, 0.1) is 11.3 Å². The van der Waals surface area contributed by atoms with Crippen LogP contribution in [0.15, 0.2) is 60.7 Å². The Labute approximate surface area is 170 Å². The first-order chi connectivity index (χ1) is 14.3. The molecule has 0 spiro atoms. The van der Waals surface area contributed by atoms with Crippen molar-refractivity contribution in [3.63, 3.8) is 0 Å². The molecule has 1 N–H and O–H groups in total. The normalized spacial score (nSPS) is 12.1. The lowest BCUT2D eigenvalue weighted by Gasteiger charge is -2.14. The third kappa shape index (κ3) is 4.12. The monoisotopic (exact) mass is 383 g/mol. The first kappa shape index (κ1) is 18.7. The maximum atomic E-state index is 12.2. The van der Waals surface area contributed by atoms with Crippen LogP contribution in [0.25, 0.3) is 11.3 Å². The Bertz CT molecular complexity index is 1060. The summed E-state index contributed by atoms with van der Waals surface area (Å²) in [6.45, 7) is 0.253. The molecule has 0 fully saturated rings. The summed E-state index contributed by atoms with van der Waals surface area (Å²) in [6, 6.07) is 21.8. The SMILES string of the molecule is N#Cc1c(OCC(=O)NCc2ccccc2)nc(-c2ccccc2)c2c1CCC2. The smallest absolute Gasteiger partial charge is 0.258 e. The number of nitrogens with one attached hydrogen (secondary N) is 1. The van der Waals surface area contributed by atoms with Crippen molar-refractivity contribution >= 4 is 5.91 Å². The van der Waals surface area contributed by atoms with Crippen LogP contribution in [0.4, 0.5) is 0 Å². The second-order valence-corrected chi connectivity index (χ2v) is 6.98. The Morgan fingerprint density at radius 2 is 1.72 bits per heavy atom. The average molecular weight is 383 g/mol. The van der Waals surface area contributed by atoms with Crippen molar-refractivity contribution in [3.05, 3.63) is 82.9 Å². The van der Waals surface area contributed by atoms with Crippen molar-refractivity contribution in [1.29, 1.82) is 5.26 Å². The fourth-order valence-electron chi connectivity index (χ4n) is 3.67. The van der Waals surface area contributed by atoms with Gasteiger partial charge in [0.05, 0.1) is 5.69 Å². The Balaban J connectivity index is 1.54. The first-order valence-electron chi connectivity index (χ1n) is 9.71. The molecule has 0 bridgehead atoms. The Morgan fingerprint density at radius 3 is 2.45 bits per heavy atom. The van der Waals surface area contributed by atoms with E-state index in [1.54, 1.807) is 0 Å². The molecule has 1 amide bonds. The van der Waals surface area contributed by atoms with Crippen LogP contribution in [0.1, 0.15) is 28.7 Å². The summed E-state index contributed by atoms with van der Waals surface area (Å²) in [6.07, 6.45) is 2.72. The van der Waals surface area contributed by atoms with Crippen molar-refractivity contribution in [2.24, 2.45) is 0 Å². The van der Waals surface area contributed by atoms with Gasteiger partial charge in [0, 0.05) is 12.1 Å². The van der Waals surface area contributed by atoms with Gasteiger partial charge in [-0.15, -0.1) is 0 Å². The van der Waals surface area contributed by atoms with E-state index in [1.165, 1.54) is 0 Å². The highest BCUT2D eigenvalue weighted by Crippen LogP contribution is 2.36. The van der Waals surface area contributed by atoms with Gasteiger partial charge in [-0.3, -0.25) is 4.79 Å². The highest BCUT2D eigenvalue weighted by molar-refractivity contribution is 5.77. The molecule has 4 rings (SSSR count). The summed E-state index contributed by atoms with van der Waals surface area (Å²) in [5.74, 6) is -0.0110. The topological polar surface area (TPSA) is 75.0 Å². The molecular formula is C24H21N3O2. The fourth-order valence-corrected chi connectivity index (χ4v) is 3.67. The maximum absolute atomic E-state index is 12.2. The zero-order valence-corrected chi connectivity index (χ0v) is 16.0. The molecule has 1 aliphatic carbocycles. The molecule has 1 aromatic heterocycles. The minimum Gasteiger partial charge on any atom is -0.467 e. The summed E-state index contributed by atoms with van der Waals surface area (Å²) >= 11 is 0. The average Bonchev–Trinajstić information content (AvgIpc) is 3.26. The quantitative estimate of drug-likeness (QED) is 0.702. The van der Waals surface area contributed by atoms with Crippen molar-refractivity contribution in [3.8, 4) is 23.2 Å². The molecule has 0 unspecified atom stereocenters. The summed E-state index contributed by atoms with van der Waals surface area (Å²) < 4.78 is 5.72. The number of pyridine rings is 1.